The predicted octanol–water partition coefficient (Wildman–Crippen LogP) is 3.92. The summed E-state index contributed by atoms with van der Waals surface area (Å²) in [6.45, 7) is 4.49. The lowest BCUT2D eigenvalue weighted by Crippen LogP contribution is -2.37. The van der Waals surface area contributed by atoms with Crippen molar-refractivity contribution in [1.29, 1.82) is 0 Å². The van der Waals surface area contributed by atoms with E-state index in [0.29, 0.717) is 11.6 Å². The highest BCUT2D eigenvalue weighted by atomic mass is 16.2. The normalized spacial score (nSPS) is 20.6. The Balaban J connectivity index is 1.44. The average molecular weight is 375 g/mol. The zero-order valence-electron chi connectivity index (χ0n) is 16.3. The van der Waals surface area contributed by atoms with Gasteiger partial charge in [0.25, 0.3) is 5.91 Å². The van der Waals surface area contributed by atoms with E-state index in [1.54, 1.807) is 0 Å². The van der Waals surface area contributed by atoms with Crippen molar-refractivity contribution in [3.8, 4) is 5.69 Å². The molecule has 5 rings (SSSR count). The van der Waals surface area contributed by atoms with E-state index in [-0.39, 0.29) is 17.4 Å². The molecule has 144 valence electrons. The van der Waals surface area contributed by atoms with Crippen LogP contribution in [0.2, 0.25) is 0 Å². The summed E-state index contributed by atoms with van der Waals surface area (Å²) >= 11 is 0. The number of carbonyl (C=O) groups excluding carboxylic acids is 1. The van der Waals surface area contributed by atoms with Gasteiger partial charge in [0.1, 0.15) is 5.69 Å². The molecule has 2 aliphatic carbocycles. The third-order valence-electron chi connectivity index (χ3n) is 5.83. The molecule has 3 aromatic rings. The number of hydrogen-bond acceptors (Lipinski definition) is 3. The Morgan fingerprint density at radius 3 is 2.79 bits per heavy atom. The van der Waals surface area contributed by atoms with Crippen molar-refractivity contribution in [2.75, 3.05) is 0 Å². The maximum atomic E-state index is 12.8. The molecule has 0 spiro atoms. The highest BCUT2D eigenvalue weighted by Crippen LogP contribution is 2.42. The number of para-hydroxylation sites is 1. The Morgan fingerprint density at radius 2 is 2.04 bits per heavy atom. The zero-order chi connectivity index (χ0) is 19.3. The molecule has 6 heteroatoms. The second-order valence-electron chi connectivity index (χ2n) is 8.85. The monoisotopic (exact) mass is 375 g/mol. The van der Waals surface area contributed by atoms with Crippen molar-refractivity contribution in [3.05, 3.63) is 65.2 Å². The molecule has 2 heterocycles. The molecule has 2 N–H and O–H groups in total. The molecule has 1 atom stereocenters. The largest absolute Gasteiger partial charge is 0.344 e. The Kier molecular flexibility index (Phi) is 3.89. The van der Waals surface area contributed by atoms with Crippen LogP contribution >= 0.6 is 0 Å². The molecular formula is C22H25N5O. The van der Waals surface area contributed by atoms with Gasteiger partial charge in [0.15, 0.2) is 0 Å². The summed E-state index contributed by atoms with van der Waals surface area (Å²) in [5.41, 5.74) is 4.95. The van der Waals surface area contributed by atoms with Gasteiger partial charge in [0.2, 0.25) is 0 Å². The minimum atomic E-state index is -0.121. The summed E-state index contributed by atoms with van der Waals surface area (Å²) in [5, 5.41) is 15.1. The van der Waals surface area contributed by atoms with Crippen LogP contribution in [0.15, 0.2) is 42.6 Å². The first-order valence-corrected chi connectivity index (χ1v) is 9.98. The number of H-pyrrole nitrogens is 1. The fraction of sp³-hybridized carbons (Fsp3) is 0.409. The van der Waals surface area contributed by atoms with Crippen molar-refractivity contribution in [2.45, 2.75) is 51.5 Å². The molecule has 1 amide bonds. The number of aromatic nitrogens is 4. The number of aromatic amines is 1. The molecule has 0 bridgehead atoms. The highest BCUT2D eigenvalue weighted by molar-refractivity contribution is 5.92. The fourth-order valence-corrected chi connectivity index (χ4v) is 4.25. The van der Waals surface area contributed by atoms with E-state index in [2.05, 4.69) is 46.6 Å². The van der Waals surface area contributed by atoms with Gasteiger partial charge in [-0.2, -0.15) is 10.2 Å². The quantitative estimate of drug-likeness (QED) is 0.726. The number of nitrogens with one attached hydrogen (secondary N) is 2. The van der Waals surface area contributed by atoms with Gasteiger partial charge < -0.3 is 5.32 Å². The highest BCUT2D eigenvalue weighted by Gasteiger charge is 2.36. The Labute approximate surface area is 164 Å². The zero-order valence-corrected chi connectivity index (χ0v) is 16.3. The van der Waals surface area contributed by atoms with Crippen LogP contribution < -0.4 is 5.32 Å². The summed E-state index contributed by atoms with van der Waals surface area (Å²) in [6, 6.07) is 12.0. The number of rotatable bonds is 4. The summed E-state index contributed by atoms with van der Waals surface area (Å²) in [6.07, 6.45) is 6.08. The second-order valence-corrected chi connectivity index (χ2v) is 8.85. The first-order chi connectivity index (χ1) is 13.5. The summed E-state index contributed by atoms with van der Waals surface area (Å²) in [5.74, 6) is 0.433. The van der Waals surface area contributed by atoms with E-state index in [0.717, 1.165) is 29.8 Å². The van der Waals surface area contributed by atoms with E-state index >= 15 is 0 Å². The van der Waals surface area contributed by atoms with E-state index in [9.17, 15) is 4.79 Å². The summed E-state index contributed by atoms with van der Waals surface area (Å²) in [4.78, 5) is 12.8. The number of nitrogens with zero attached hydrogens (tertiary/aromatic N) is 3. The van der Waals surface area contributed by atoms with Crippen LogP contribution in [0.25, 0.3) is 5.69 Å². The van der Waals surface area contributed by atoms with E-state index < -0.39 is 0 Å². The number of amides is 1. The van der Waals surface area contributed by atoms with Gasteiger partial charge in [0.05, 0.1) is 23.6 Å². The smallest absolute Gasteiger partial charge is 0.272 e. The molecule has 1 aromatic carbocycles. The van der Waals surface area contributed by atoms with Crippen LogP contribution in [-0.2, 0) is 6.42 Å². The van der Waals surface area contributed by atoms with Gasteiger partial charge in [-0.25, -0.2) is 4.68 Å². The fourth-order valence-electron chi connectivity index (χ4n) is 4.25. The molecule has 0 unspecified atom stereocenters. The second kappa shape index (κ2) is 6.33. The van der Waals surface area contributed by atoms with Crippen molar-refractivity contribution in [3.63, 3.8) is 0 Å². The molecule has 2 aromatic heterocycles. The lowest BCUT2D eigenvalue weighted by atomic mass is 9.74. The standard InChI is InChI=1S/C22H25N5O/c1-22(2)11-19(24-21(28)18-10-17(25-26-18)14-8-9-14)16-13-23-27(20(16)12-22)15-6-4-3-5-7-15/h3-7,10,13-14,19H,8-9,11-12H2,1-2H3,(H,24,28)(H,25,26)/t19-/m1/s1. The van der Waals surface area contributed by atoms with Crippen molar-refractivity contribution < 1.29 is 4.79 Å². The predicted molar refractivity (Wildman–Crippen MR) is 106 cm³/mol. The molecular weight excluding hydrogens is 350 g/mol. The van der Waals surface area contributed by atoms with Crippen LogP contribution in [-0.4, -0.2) is 25.9 Å². The van der Waals surface area contributed by atoms with E-state index in [1.165, 1.54) is 18.5 Å². The third kappa shape index (κ3) is 3.13. The number of benzene rings is 1. The number of hydrogen-bond donors (Lipinski definition) is 2. The lowest BCUT2D eigenvalue weighted by Gasteiger charge is -2.35. The average Bonchev–Trinajstić information content (AvgIpc) is 3.24. The van der Waals surface area contributed by atoms with Crippen LogP contribution in [0.1, 0.15) is 72.5 Å². The van der Waals surface area contributed by atoms with Gasteiger partial charge in [-0.3, -0.25) is 9.89 Å². The van der Waals surface area contributed by atoms with E-state index in [1.807, 2.05) is 35.1 Å². The van der Waals surface area contributed by atoms with Crippen molar-refractivity contribution in [2.24, 2.45) is 5.41 Å². The van der Waals surface area contributed by atoms with Gasteiger partial charge in [-0.15, -0.1) is 0 Å². The Morgan fingerprint density at radius 1 is 1.25 bits per heavy atom. The van der Waals surface area contributed by atoms with Crippen molar-refractivity contribution in [1.82, 2.24) is 25.3 Å². The molecule has 6 nitrogen and oxygen atoms in total. The van der Waals surface area contributed by atoms with Gasteiger partial charge in [-0.05, 0) is 49.3 Å². The maximum Gasteiger partial charge on any atom is 0.272 e. The molecule has 1 saturated carbocycles. The number of fused-ring (bicyclic) bond motifs is 1. The topological polar surface area (TPSA) is 75.6 Å². The van der Waals surface area contributed by atoms with Crippen LogP contribution in [0.5, 0.6) is 0 Å². The minimum Gasteiger partial charge on any atom is -0.344 e. The molecule has 28 heavy (non-hydrogen) atoms. The first kappa shape index (κ1) is 17.2. The summed E-state index contributed by atoms with van der Waals surface area (Å²) < 4.78 is 2.01. The molecule has 1 fully saturated rings. The Hall–Kier alpha value is -2.89. The lowest BCUT2D eigenvalue weighted by molar-refractivity contribution is 0.0914. The van der Waals surface area contributed by atoms with Crippen LogP contribution in [0, 0.1) is 5.41 Å². The summed E-state index contributed by atoms with van der Waals surface area (Å²) in [7, 11) is 0. The third-order valence-corrected chi connectivity index (χ3v) is 5.83. The van der Waals surface area contributed by atoms with E-state index in [4.69, 9.17) is 0 Å². The molecule has 2 aliphatic rings. The van der Waals surface area contributed by atoms with Gasteiger partial charge >= 0.3 is 0 Å². The molecule has 0 saturated heterocycles. The van der Waals surface area contributed by atoms with Crippen LogP contribution in [0.3, 0.4) is 0 Å². The van der Waals surface area contributed by atoms with Crippen molar-refractivity contribution >= 4 is 5.91 Å². The SMILES string of the molecule is CC1(C)Cc2c(cnn2-c2ccccc2)[C@H](NC(=O)c2cc(C3CC3)[nH]n2)C1. The first-order valence-electron chi connectivity index (χ1n) is 9.98. The molecule has 0 aliphatic heterocycles. The Bertz CT molecular complexity index is 1010. The maximum absolute atomic E-state index is 12.8. The number of carbonyl (C=O) groups is 1. The van der Waals surface area contributed by atoms with Gasteiger partial charge in [0, 0.05) is 17.2 Å². The minimum absolute atomic E-state index is 0.0650. The van der Waals surface area contributed by atoms with Gasteiger partial charge in [-0.1, -0.05) is 32.0 Å². The van der Waals surface area contributed by atoms with Crippen LogP contribution in [0.4, 0.5) is 0 Å². The molecule has 0 radical (unpaired) electrons.